The third-order valence-electron chi connectivity index (χ3n) is 4.28. The highest BCUT2D eigenvalue weighted by Crippen LogP contribution is 2.18. The highest BCUT2D eigenvalue weighted by atomic mass is 35.5. The summed E-state index contributed by atoms with van der Waals surface area (Å²) >= 11 is 5.96. The Morgan fingerprint density at radius 1 is 1.00 bits per heavy atom. The number of nitro benzene ring substituents is 1. The molecular weight excluding hydrogens is 366 g/mol. The maximum atomic E-state index is 13.2. The topological polar surface area (TPSA) is 68.4 Å². The fourth-order valence-electron chi connectivity index (χ4n) is 2.91. The summed E-state index contributed by atoms with van der Waals surface area (Å²) in [5.74, 6) is -0.248. The molecule has 3 aromatic rings. The molecule has 0 aliphatic rings. The zero-order valence-electron chi connectivity index (χ0n) is 14.9. The van der Waals surface area contributed by atoms with Crippen molar-refractivity contribution in [3.8, 4) is 0 Å². The number of aromatic nitrogens is 1. The normalized spacial score (nSPS) is 10.6. The van der Waals surface area contributed by atoms with Crippen LogP contribution in [0.3, 0.4) is 0 Å². The number of hydrogen-bond donors (Lipinski definition) is 0. The molecule has 0 atom stereocenters. The molecule has 0 radical (unpaired) electrons. The molecule has 3 rings (SSSR count). The zero-order chi connectivity index (χ0) is 19.6. The number of benzene rings is 2. The van der Waals surface area contributed by atoms with Gasteiger partial charge < -0.3 is 0 Å². The van der Waals surface area contributed by atoms with Gasteiger partial charge in [0.05, 0.1) is 11.5 Å². The van der Waals surface area contributed by atoms with Gasteiger partial charge in [-0.15, -0.1) is 0 Å². The van der Waals surface area contributed by atoms with Gasteiger partial charge in [-0.2, -0.15) is 0 Å². The van der Waals surface area contributed by atoms with Gasteiger partial charge in [0.1, 0.15) is 0 Å². The molecular formula is C20H18ClN3O3. The number of aryl methyl sites for hydroxylation is 2. The smallest absolute Gasteiger partial charge is 0.267 e. The number of carbonyl (C=O) groups excluding carboxylic acids is 1. The van der Waals surface area contributed by atoms with Crippen LogP contribution in [0.25, 0.3) is 0 Å². The van der Waals surface area contributed by atoms with Crippen molar-refractivity contribution >= 4 is 23.2 Å². The Balaban J connectivity index is 1.99. The van der Waals surface area contributed by atoms with Crippen molar-refractivity contribution in [3.63, 3.8) is 0 Å². The highest BCUT2D eigenvalue weighted by molar-refractivity contribution is 6.30. The monoisotopic (exact) mass is 383 g/mol. The van der Waals surface area contributed by atoms with Gasteiger partial charge in [0.15, 0.2) is 0 Å². The average molecular weight is 384 g/mol. The maximum absolute atomic E-state index is 13.2. The summed E-state index contributed by atoms with van der Waals surface area (Å²) in [5.41, 5.74) is 3.07. The Bertz CT molecular complexity index is 959. The summed E-state index contributed by atoms with van der Waals surface area (Å²) in [4.78, 5) is 23.6. The van der Waals surface area contributed by atoms with Crippen molar-refractivity contribution in [3.05, 3.63) is 98.3 Å². The van der Waals surface area contributed by atoms with Crippen LogP contribution in [-0.2, 0) is 6.54 Å². The van der Waals surface area contributed by atoms with Crippen LogP contribution >= 0.6 is 11.6 Å². The zero-order valence-corrected chi connectivity index (χ0v) is 15.7. The molecule has 1 amide bonds. The Hall–Kier alpha value is -3.12. The van der Waals surface area contributed by atoms with E-state index in [1.165, 1.54) is 24.3 Å². The van der Waals surface area contributed by atoms with Crippen LogP contribution in [-0.4, -0.2) is 15.5 Å². The number of amides is 1. The Morgan fingerprint density at radius 2 is 1.56 bits per heavy atom. The second-order valence-corrected chi connectivity index (χ2v) is 6.66. The van der Waals surface area contributed by atoms with Crippen LogP contribution in [0.5, 0.6) is 0 Å². The minimum Gasteiger partial charge on any atom is -0.267 e. The SMILES string of the molecule is Cc1ccc(C)n1N(Cc1ccc(Cl)cc1)C(=O)c1ccc([N+](=O)[O-])cc1. The molecule has 0 N–H and O–H groups in total. The largest absolute Gasteiger partial charge is 0.273 e. The van der Waals surface area contributed by atoms with E-state index in [-0.39, 0.29) is 11.6 Å². The number of halogens is 1. The summed E-state index contributed by atoms with van der Waals surface area (Å²) in [5, 5.41) is 13.1. The molecule has 0 unspecified atom stereocenters. The van der Waals surface area contributed by atoms with E-state index in [2.05, 4.69) is 0 Å². The second-order valence-electron chi connectivity index (χ2n) is 6.22. The Kier molecular flexibility index (Phi) is 5.28. The summed E-state index contributed by atoms with van der Waals surface area (Å²) in [6, 6.07) is 16.8. The number of nitrogens with zero attached hydrogens (tertiary/aromatic N) is 3. The summed E-state index contributed by atoms with van der Waals surface area (Å²) in [7, 11) is 0. The van der Waals surface area contributed by atoms with Crippen LogP contribution in [0.15, 0.2) is 60.7 Å². The molecule has 0 saturated heterocycles. The van der Waals surface area contributed by atoms with E-state index in [1.54, 1.807) is 17.1 Å². The van der Waals surface area contributed by atoms with Crippen molar-refractivity contribution in [1.29, 1.82) is 0 Å². The first-order chi connectivity index (χ1) is 12.9. The Morgan fingerprint density at radius 3 is 2.07 bits per heavy atom. The average Bonchev–Trinajstić information content (AvgIpc) is 2.99. The maximum Gasteiger partial charge on any atom is 0.273 e. The standard InChI is InChI=1S/C20H18ClN3O3/c1-14-3-4-15(2)23(14)22(13-16-5-9-18(21)10-6-16)20(25)17-7-11-19(12-8-17)24(26)27/h3-12H,13H2,1-2H3. The van der Waals surface area contributed by atoms with Crippen LogP contribution in [0.1, 0.15) is 27.3 Å². The van der Waals surface area contributed by atoms with E-state index in [4.69, 9.17) is 11.6 Å². The van der Waals surface area contributed by atoms with Crippen molar-refractivity contribution in [2.24, 2.45) is 0 Å². The molecule has 0 aliphatic carbocycles. The lowest BCUT2D eigenvalue weighted by atomic mass is 10.1. The van der Waals surface area contributed by atoms with Crippen LogP contribution < -0.4 is 5.01 Å². The van der Waals surface area contributed by atoms with Gasteiger partial charge in [0.25, 0.3) is 11.6 Å². The lowest BCUT2D eigenvalue weighted by Crippen LogP contribution is -2.41. The first-order valence-corrected chi connectivity index (χ1v) is 8.70. The van der Waals surface area contributed by atoms with E-state index in [0.717, 1.165) is 17.0 Å². The van der Waals surface area contributed by atoms with E-state index in [9.17, 15) is 14.9 Å². The highest BCUT2D eigenvalue weighted by Gasteiger charge is 2.21. The van der Waals surface area contributed by atoms with Crippen molar-refractivity contribution in [2.75, 3.05) is 5.01 Å². The van der Waals surface area contributed by atoms with Gasteiger partial charge in [-0.05, 0) is 55.8 Å². The second kappa shape index (κ2) is 7.63. The number of nitro groups is 1. The molecule has 7 heteroatoms. The lowest BCUT2D eigenvalue weighted by Gasteiger charge is -2.27. The summed E-state index contributed by atoms with van der Waals surface area (Å²) in [6.07, 6.45) is 0. The number of carbonyl (C=O) groups is 1. The van der Waals surface area contributed by atoms with Gasteiger partial charge in [-0.25, -0.2) is 5.01 Å². The molecule has 0 fully saturated rings. The van der Waals surface area contributed by atoms with Crippen molar-refractivity contribution in [1.82, 2.24) is 4.68 Å². The molecule has 27 heavy (non-hydrogen) atoms. The molecule has 1 heterocycles. The van der Waals surface area contributed by atoms with E-state index < -0.39 is 4.92 Å². The number of hydrogen-bond acceptors (Lipinski definition) is 3. The molecule has 0 aliphatic heterocycles. The van der Waals surface area contributed by atoms with Crippen LogP contribution in [0, 0.1) is 24.0 Å². The molecule has 0 bridgehead atoms. The fraction of sp³-hybridized carbons (Fsp3) is 0.150. The molecule has 0 spiro atoms. The fourth-order valence-corrected chi connectivity index (χ4v) is 3.04. The minimum atomic E-state index is -0.486. The molecule has 2 aromatic carbocycles. The van der Waals surface area contributed by atoms with Gasteiger partial charge in [-0.3, -0.25) is 19.6 Å². The summed E-state index contributed by atoms with van der Waals surface area (Å²) in [6.45, 7) is 4.18. The molecule has 1 aromatic heterocycles. The number of rotatable bonds is 5. The lowest BCUT2D eigenvalue weighted by molar-refractivity contribution is -0.384. The predicted octanol–water partition coefficient (Wildman–Crippen LogP) is 4.65. The van der Waals surface area contributed by atoms with E-state index >= 15 is 0 Å². The molecule has 6 nitrogen and oxygen atoms in total. The van der Waals surface area contributed by atoms with Crippen molar-refractivity contribution < 1.29 is 9.72 Å². The Labute approximate surface area is 161 Å². The van der Waals surface area contributed by atoms with Gasteiger partial charge >= 0.3 is 0 Å². The van der Waals surface area contributed by atoms with E-state index in [1.807, 2.05) is 42.8 Å². The van der Waals surface area contributed by atoms with Gasteiger partial charge in [-0.1, -0.05) is 23.7 Å². The third kappa shape index (κ3) is 4.01. The third-order valence-corrected chi connectivity index (χ3v) is 4.53. The summed E-state index contributed by atoms with van der Waals surface area (Å²) < 4.78 is 1.85. The van der Waals surface area contributed by atoms with Crippen LogP contribution in [0.4, 0.5) is 5.69 Å². The van der Waals surface area contributed by atoms with Gasteiger partial charge in [0.2, 0.25) is 0 Å². The molecule has 138 valence electrons. The minimum absolute atomic E-state index is 0.0517. The first-order valence-electron chi connectivity index (χ1n) is 8.33. The van der Waals surface area contributed by atoms with E-state index in [0.29, 0.717) is 17.1 Å². The molecule has 0 saturated carbocycles. The predicted molar refractivity (Wildman–Crippen MR) is 105 cm³/mol. The van der Waals surface area contributed by atoms with Crippen molar-refractivity contribution in [2.45, 2.75) is 20.4 Å². The van der Waals surface area contributed by atoms with Crippen LogP contribution in [0.2, 0.25) is 5.02 Å². The van der Waals surface area contributed by atoms with Gasteiger partial charge in [0, 0.05) is 34.1 Å². The number of non-ortho nitro benzene ring substituents is 1. The quantitative estimate of drug-likeness (QED) is 0.476. The first kappa shape index (κ1) is 18.7.